The van der Waals surface area contributed by atoms with E-state index in [9.17, 15) is 8.76 Å². The predicted molar refractivity (Wildman–Crippen MR) is 25.9 cm³/mol. The Hall–Kier alpha value is 0.390. The molecule has 0 aromatic carbocycles. The van der Waals surface area contributed by atoms with E-state index < -0.39 is 11.1 Å². The van der Waals surface area contributed by atoms with Crippen LogP contribution in [0.15, 0.2) is 27.9 Å². The monoisotopic (exact) mass is 154 g/mol. The normalized spacial score (nSPS) is 12.1. The van der Waals surface area contributed by atoms with E-state index >= 15 is 0 Å². The van der Waals surface area contributed by atoms with Gasteiger partial charge in [-0.05, 0) is 17.1 Å². The molecule has 0 aliphatic carbocycles. The molecule has 0 radical (unpaired) electrons. The summed E-state index contributed by atoms with van der Waals surface area (Å²) >= 11 is -2.14. The maximum Gasteiger partial charge on any atom is 1.00 e. The molecule has 0 N–H and O–H groups in total. The summed E-state index contributed by atoms with van der Waals surface area (Å²) in [6.45, 7) is 0. The van der Waals surface area contributed by atoms with Crippen LogP contribution in [0.2, 0.25) is 0 Å². The van der Waals surface area contributed by atoms with E-state index in [4.69, 9.17) is 0 Å². The van der Waals surface area contributed by atoms with Crippen molar-refractivity contribution in [1.29, 1.82) is 0 Å². The molecule has 5 heteroatoms. The molecule has 44 valence electrons. The topological polar surface area (TPSA) is 53.3 Å². The van der Waals surface area contributed by atoms with Gasteiger partial charge in [-0.1, -0.05) is 0 Å². The zero-order valence-electron chi connectivity index (χ0n) is 4.87. The Morgan fingerprint density at radius 1 is 1.67 bits per heavy atom. The molecule has 9 heavy (non-hydrogen) atoms. The van der Waals surface area contributed by atoms with Crippen LogP contribution in [0.1, 0.15) is 0 Å². The molecule has 1 heterocycles. The minimum Gasteiger partial charge on any atom is -0.768 e. The molecule has 0 aliphatic rings. The van der Waals surface area contributed by atoms with Crippen LogP contribution in [-0.2, 0) is 11.1 Å². The summed E-state index contributed by atoms with van der Waals surface area (Å²) < 4.78 is 24.5. The van der Waals surface area contributed by atoms with Crippen LogP contribution in [-0.4, -0.2) is 8.76 Å². The summed E-state index contributed by atoms with van der Waals surface area (Å²) in [6.07, 6.45) is 2.48. The van der Waals surface area contributed by atoms with E-state index in [1.54, 1.807) is 0 Å². The molecule has 3 nitrogen and oxygen atoms in total. The molecule has 1 aromatic heterocycles. The molecule has 1 rings (SSSR count). The Morgan fingerprint density at radius 3 is 2.56 bits per heavy atom. The van der Waals surface area contributed by atoms with Gasteiger partial charge in [0.25, 0.3) is 0 Å². The summed E-state index contributed by atoms with van der Waals surface area (Å²) in [5, 5.41) is 0. The zero-order valence-corrected chi connectivity index (χ0v) is 7.68. The molecule has 1 unspecified atom stereocenters. The van der Waals surface area contributed by atoms with Crippen LogP contribution >= 0.6 is 0 Å². The van der Waals surface area contributed by atoms with Crippen molar-refractivity contribution < 1.29 is 42.7 Å². The maximum absolute atomic E-state index is 10.0. The Bertz CT molecular complexity index is 184. The van der Waals surface area contributed by atoms with Gasteiger partial charge in [-0.15, -0.1) is 0 Å². The van der Waals surface area contributed by atoms with Crippen molar-refractivity contribution in [3.63, 3.8) is 0 Å². The van der Waals surface area contributed by atoms with Gasteiger partial charge in [-0.2, -0.15) is 0 Å². The Balaban J connectivity index is 0.000000640. The van der Waals surface area contributed by atoms with Gasteiger partial charge in [0.05, 0.1) is 11.2 Å². The summed E-state index contributed by atoms with van der Waals surface area (Å²) in [4.78, 5) is 0.185. The van der Waals surface area contributed by atoms with Crippen molar-refractivity contribution in [2.24, 2.45) is 0 Å². The quantitative estimate of drug-likeness (QED) is 0.332. The van der Waals surface area contributed by atoms with Gasteiger partial charge in [0.15, 0.2) is 0 Å². The molecule has 0 fully saturated rings. The summed E-state index contributed by atoms with van der Waals surface area (Å²) in [7, 11) is 0. The fourth-order valence-electron chi connectivity index (χ4n) is 0.347. The second kappa shape index (κ2) is 4.24. The molecule has 0 saturated heterocycles. The summed E-state index contributed by atoms with van der Waals surface area (Å²) in [6, 6.07) is 1.38. The SMILES string of the molecule is O=S([O-])c1ccoc1.[Na+]. The van der Waals surface area contributed by atoms with Gasteiger partial charge in [-0.25, -0.2) is 0 Å². The van der Waals surface area contributed by atoms with Crippen LogP contribution in [0.3, 0.4) is 0 Å². The van der Waals surface area contributed by atoms with E-state index in [0.29, 0.717) is 0 Å². The van der Waals surface area contributed by atoms with Gasteiger partial charge in [0.1, 0.15) is 6.26 Å². The third kappa shape index (κ3) is 2.64. The van der Waals surface area contributed by atoms with Crippen molar-refractivity contribution in [2.45, 2.75) is 4.90 Å². The average Bonchev–Trinajstić information content (AvgIpc) is 2.12. The number of hydrogen-bond acceptors (Lipinski definition) is 3. The second-order valence-electron chi connectivity index (χ2n) is 1.19. The molecule has 1 atom stereocenters. The first-order chi connectivity index (χ1) is 3.80. The number of rotatable bonds is 1. The first kappa shape index (κ1) is 9.39. The van der Waals surface area contributed by atoms with E-state index in [0.717, 1.165) is 0 Å². The Kier molecular flexibility index (Phi) is 4.43. The second-order valence-corrected chi connectivity index (χ2v) is 2.13. The van der Waals surface area contributed by atoms with Crippen molar-refractivity contribution in [1.82, 2.24) is 0 Å². The Labute approximate surface area is 77.0 Å². The van der Waals surface area contributed by atoms with Gasteiger partial charge in [0.2, 0.25) is 0 Å². The largest absolute Gasteiger partial charge is 1.00 e. The minimum absolute atomic E-state index is 0. The van der Waals surface area contributed by atoms with Gasteiger partial charge >= 0.3 is 29.6 Å². The molecule has 0 bridgehead atoms. The van der Waals surface area contributed by atoms with Gasteiger partial charge in [-0.3, -0.25) is 4.21 Å². The van der Waals surface area contributed by atoms with Crippen LogP contribution in [0.4, 0.5) is 0 Å². The van der Waals surface area contributed by atoms with Crippen molar-refractivity contribution in [3.8, 4) is 0 Å². The van der Waals surface area contributed by atoms with Crippen molar-refractivity contribution in [2.75, 3.05) is 0 Å². The summed E-state index contributed by atoms with van der Waals surface area (Å²) in [5.74, 6) is 0. The van der Waals surface area contributed by atoms with Crippen molar-refractivity contribution >= 4 is 11.1 Å². The number of hydrogen-bond donors (Lipinski definition) is 0. The first-order valence-electron chi connectivity index (χ1n) is 1.92. The fourth-order valence-corrected chi connectivity index (χ4v) is 0.648. The number of furan rings is 1. The molecule has 0 amide bonds. The first-order valence-corrected chi connectivity index (χ1v) is 2.99. The van der Waals surface area contributed by atoms with Crippen molar-refractivity contribution in [3.05, 3.63) is 18.6 Å². The Morgan fingerprint density at radius 2 is 2.33 bits per heavy atom. The van der Waals surface area contributed by atoms with E-state index in [1.165, 1.54) is 18.6 Å². The van der Waals surface area contributed by atoms with Gasteiger partial charge in [0, 0.05) is 0 Å². The van der Waals surface area contributed by atoms with Crippen LogP contribution in [0, 0.1) is 0 Å². The molecular formula is C4H3NaO3S. The van der Waals surface area contributed by atoms with Crippen LogP contribution in [0.5, 0.6) is 0 Å². The maximum atomic E-state index is 10.0. The third-order valence-electron chi connectivity index (χ3n) is 0.688. The van der Waals surface area contributed by atoms with Gasteiger partial charge < -0.3 is 8.97 Å². The third-order valence-corrected chi connectivity index (χ3v) is 1.30. The van der Waals surface area contributed by atoms with E-state index in [2.05, 4.69) is 4.42 Å². The molecular weight excluding hydrogens is 151 g/mol. The summed E-state index contributed by atoms with van der Waals surface area (Å²) in [5.41, 5.74) is 0. The minimum atomic E-state index is -2.14. The van der Waals surface area contributed by atoms with Crippen LogP contribution in [0.25, 0.3) is 0 Å². The van der Waals surface area contributed by atoms with E-state index in [1.807, 2.05) is 0 Å². The zero-order chi connectivity index (χ0) is 5.98. The average molecular weight is 154 g/mol. The molecule has 0 saturated carbocycles. The van der Waals surface area contributed by atoms with E-state index in [-0.39, 0.29) is 34.5 Å². The molecule has 0 spiro atoms. The fraction of sp³-hybridized carbons (Fsp3) is 0. The smallest absolute Gasteiger partial charge is 0.768 e. The molecule has 0 aliphatic heterocycles. The predicted octanol–water partition coefficient (Wildman–Crippen LogP) is -2.48. The molecule has 1 aromatic rings. The van der Waals surface area contributed by atoms with Crippen LogP contribution < -0.4 is 29.6 Å². The standard InChI is InChI=1S/C4H4O3S.Na/c5-8(6)4-1-2-7-3-4;/h1-3H,(H,5,6);/q;+1/p-1.